The number of thiophene rings is 1. The van der Waals surface area contributed by atoms with E-state index in [1.807, 2.05) is 60.7 Å². The van der Waals surface area contributed by atoms with E-state index in [1.165, 1.54) is 23.1 Å². The van der Waals surface area contributed by atoms with Crippen molar-refractivity contribution in [2.45, 2.75) is 10.9 Å². The van der Waals surface area contributed by atoms with E-state index in [9.17, 15) is 14.9 Å². The molecule has 1 amide bonds. The molecule has 7 nitrogen and oxygen atoms in total. The van der Waals surface area contributed by atoms with Crippen molar-refractivity contribution in [1.29, 1.82) is 5.26 Å². The van der Waals surface area contributed by atoms with Crippen LogP contribution in [-0.4, -0.2) is 23.0 Å². The van der Waals surface area contributed by atoms with Crippen molar-refractivity contribution in [3.05, 3.63) is 105 Å². The van der Waals surface area contributed by atoms with E-state index in [0.717, 1.165) is 15.6 Å². The Kier molecular flexibility index (Phi) is 7.03. The highest BCUT2D eigenvalue weighted by atomic mass is 32.2. The molecule has 0 fully saturated rings. The Balaban J connectivity index is 1.33. The van der Waals surface area contributed by atoms with Crippen molar-refractivity contribution in [3.63, 3.8) is 0 Å². The van der Waals surface area contributed by atoms with E-state index in [2.05, 4.69) is 15.3 Å². The molecule has 0 atom stereocenters. The van der Waals surface area contributed by atoms with Gasteiger partial charge in [0.25, 0.3) is 11.5 Å². The number of aromatic nitrogens is 2. The van der Waals surface area contributed by atoms with Crippen LogP contribution >= 0.6 is 23.1 Å². The van der Waals surface area contributed by atoms with Crippen LogP contribution in [0.25, 0.3) is 21.3 Å². The number of ether oxygens (including phenoxy) is 1. The van der Waals surface area contributed by atoms with Gasteiger partial charge in [0.1, 0.15) is 17.4 Å². The molecule has 2 N–H and O–H groups in total. The summed E-state index contributed by atoms with van der Waals surface area (Å²) < 4.78 is 6.33. The summed E-state index contributed by atoms with van der Waals surface area (Å²) in [6.07, 6.45) is 0. The lowest BCUT2D eigenvalue weighted by molar-refractivity contribution is 0.103. The smallest absolute Gasteiger partial charge is 0.270 e. The molecule has 0 saturated carbocycles. The lowest BCUT2D eigenvalue weighted by Gasteiger charge is -2.09. The number of nitrogens with one attached hydrogen (secondary N) is 2. The maximum atomic E-state index is 12.8. The molecule has 0 unspecified atom stereocenters. The molecular weight excluding hydrogens is 504 g/mol. The van der Waals surface area contributed by atoms with E-state index >= 15 is 0 Å². The molecule has 5 rings (SSSR count). The second-order valence-corrected chi connectivity index (χ2v) is 10.1. The number of fused-ring (bicyclic) bond motifs is 1. The SMILES string of the molecule is COc1cccc(-c2nc(SCc3cccc(NC(=O)c4cc5ccccc5s4)c3)[nH]c(=O)c2C#N)c1. The molecule has 3 aromatic carbocycles. The molecule has 0 bridgehead atoms. The second kappa shape index (κ2) is 10.7. The number of amides is 1. The van der Waals surface area contributed by atoms with Crippen LogP contribution in [0.5, 0.6) is 5.75 Å². The number of thioether (sulfide) groups is 1. The molecule has 5 aromatic rings. The van der Waals surface area contributed by atoms with Crippen molar-refractivity contribution in [2.75, 3.05) is 12.4 Å². The summed E-state index contributed by atoms with van der Waals surface area (Å²) in [4.78, 5) is 33.3. The van der Waals surface area contributed by atoms with Gasteiger partial charge in [-0.3, -0.25) is 9.59 Å². The fourth-order valence-corrected chi connectivity index (χ4v) is 5.54. The van der Waals surface area contributed by atoms with E-state index < -0.39 is 5.56 Å². The first-order valence-electron chi connectivity index (χ1n) is 11.2. The van der Waals surface area contributed by atoms with Gasteiger partial charge in [-0.15, -0.1) is 11.3 Å². The number of rotatable bonds is 7. The molecule has 0 saturated heterocycles. The third kappa shape index (κ3) is 5.40. The molecular formula is C28H20N4O3S2. The average Bonchev–Trinajstić information content (AvgIpc) is 3.36. The van der Waals surface area contributed by atoms with E-state index in [1.54, 1.807) is 31.4 Å². The first kappa shape index (κ1) is 24.3. The Labute approximate surface area is 220 Å². The summed E-state index contributed by atoms with van der Waals surface area (Å²) in [6, 6.07) is 26.3. The molecule has 0 aliphatic carbocycles. The highest BCUT2D eigenvalue weighted by Gasteiger charge is 2.15. The monoisotopic (exact) mass is 524 g/mol. The van der Waals surface area contributed by atoms with Crippen LogP contribution in [0.2, 0.25) is 0 Å². The number of nitriles is 1. The van der Waals surface area contributed by atoms with Gasteiger partial charge in [-0.2, -0.15) is 5.26 Å². The molecule has 0 radical (unpaired) electrons. The predicted octanol–water partition coefficient (Wildman–Crippen LogP) is 6.08. The van der Waals surface area contributed by atoms with E-state index in [4.69, 9.17) is 4.74 Å². The summed E-state index contributed by atoms with van der Waals surface area (Å²) in [5.74, 6) is 0.943. The van der Waals surface area contributed by atoms with Crippen LogP contribution in [0, 0.1) is 11.3 Å². The Bertz CT molecular complexity index is 1690. The van der Waals surface area contributed by atoms with Crippen LogP contribution in [0.1, 0.15) is 20.8 Å². The molecule has 2 aromatic heterocycles. The van der Waals surface area contributed by atoms with Gasteiger partial charge >= 0.3 is 0 Å². The molecule has 0 aliphatic heterocycles. The first-order chi connectivity index (χ1) is 18.0. The number of aromatic amines is 1. The predicted molar refractivity (Wildman–Crippen MR) is 147 cm³/mol. The van der Waals surface area contributed by atoms with Gasteiger partial charge in [0.2, 0.25) is 0 Å². The zero-order valence-corrected chi connectivity index (χ0v) is 21.3. The summed E-state index contributed by atoms with van der Waals surface area (Å²) in [6.45, 7) is 0. The minimum absolute atomic E-state index is 0.0523. The van der Waals surface area contributed by atoms with Gasteiger partial charge in [0.15, 0.2) is 5.16 Å². The minimum Gasteiger partial charge on any atom is -0.497 e. The number of methoxy groups -OCH3 is 1. The maximum absolute atomic E-state index is 12.8. The fourth-order valence-electron chi connectivity index (χ4n) is 3.78. The zero-order chi connectivity index (χ0) is 25.8. The van der Waals surface area contributed by atoms with E-state index in [0.29, 0.717) is 38.5 Å². The maximum Gasteiger partial charge on any atom is 0.270 e. The van der Waals surface area contributed by atoms with Crippen LogP contribution in [0.4, 0.5) is 5.69 Å². The number of carbonyl (C=O) groups is 1. The van der Waals surface area contributed by atoms with Gasteiger partial charge in [0.05, 0.1) is 17.7 Å². The number of H-pyrrole nitrogens is 1. The number of anilines is 1. The lowest BCUT2D eigenvalue weighted by atomic mass is 10.1. The van der Waals surface area contributed by atoms with Gasteiger partial charge in [-0.25, -0.2) is 4.98 Å². The Morgan fingerprint density at radius 2 is 1.95 bits per heavy atom. The molecule has 2 heterocycles. The number of benzene rings is 3. The Hall–Kier alpha value is -4.39. The number of hydrogen-bond acceptors (Lipinski definition) is 7. The molecule has 9 heteroatoms. The molecule has 0 aliphatic rings. The topological polar surface area (TPSA) is 108 Å². The van der Waals surface area contributed by atoms with Gasteiger partial charge in [-0.05, 0) is 47.3 Å². The molecule has 37 heavy (non-hydrogen) atoms. The largest absolute Gasteiger partial charge is 0.497 e. The zero-order valence-electron chi connectivity index (χ0n) is 19.6. The second-order valence-electron chi connectivity index (χ2n) is 8.03. The Morgan fingerprint density at radius 1 is 1.11 bits per heavy atom. The fraction of sp³-hybridized carbons (Fsp3) is 0.0714. The van der Waals surface area contributed by atoms with Crippen LogP contribution in [0.3, 0.4) is 0 Å². The Morgan fingerprint density at radius 3 is 2.76 bits per heavy atom. The number of carbonyl (C=O) groups excluding carboxylic acids is 1. The average molecular weight is 525 g/mol. The van der Waals surface area contributed by atoms with Crippen molar-refractivity contribution in [1.82, 2.24) is 9.97 Å². The van der Waals surface area contributed by atoms with Crippen molar-refractivity contribution in [2.24, 2.45) is 0 Å². The third-order valence-corrected chi connectivity index (χ3v) is 7.62. The molecule has 0 spiro atoms. The van der Waals surface area contributed by atoms with Gasteiger partial charge in [0, 0.05) is 21.7 Å². The highest BCUT2D eigenvalue weighted by Crippen LogP contribution is 2.28. The summed E-state index contributed by atoms with van der Waals surface area (Å²) >= 11 is 2.79. The lowest BCUT2D eigenvalue weighted by Crippen LogP contribution is -2.14. The third-order valence-electron chi connectivity index (χ3n) is 5.56. The van der Waals surface area contributed by atoms with Crippen molar-refractivity contribution < 1.29 is 9.53 Å². The van der Waals surface area contributed by atoms with Gasteiger partial charge in [-0.1, -0.05) is 54.2 Å². The van der Waals surface area contributed by atoms with E-state index in [-0.39, 0.29) is 11.5 Å². The van der Waals surface area contributed by atoms with Crippen LogP contribution in [-0.2, 0) is 5.75 Å². The standard InChI is InChI=1S/C28H20N4O3S2/c1-35-21-10-5-8-19(13-21)25-22(15-29)26(33)32-28(31-25)36-16-17-6-4-9-20(12-17)30-27(34)24-14-18-7-2-3-11-23(18)37-24/h2-14H,16H2,1H3,(H,30,34)(H,31,32,33). The highest BCUT2D eigenvalue weighted by molar-refractivity contribution is 7.98. The normalized spacial score (nSPS) is 10.7. The first-order valence-corrected chi connectivity index (χ1v) is 13.0. The van der Waals surface area contributed by atoms with Crippen molar-refractivity contribution >= 4 is 44.8 Å². The van der Waals surface area contributed by atoms with Crippen molar-refractivity contribution in [3.8, 4) is 23.1 Å². The summed E-state index contributed by atoms with van der Waals surface area (Å²) in [7, 11) is 1.55. The summed E-state index contributed by atoms with van der Waals surface area (Å²) in [5, 5.41) is 13.9. The summed E-state index contributed by atoms with van der Waals surface area (Å²) in [5.41, 5.74) is 1.99. The van der Waals surface area contributed by atoms with Crippen LogP contribution in [0.15, 0.2) is 88.8 Å². The number of nitrogens with zero attached hydrogens (tertiary/aromatic N) is 2. The van der Waals surface area contributed by atoms with Gasteiger partial charge < -0.3 is 15.0 Å². The molecule has 182 valence electrons. The quantitative estimate of drug-likeness (QED) is 0.197. The number of hydrogen-bond donors (Lipinski definition) is 2. The minimum atomic E-state index is -0.498. The van der Waals surface area contributed by atoms with Crippen LogP contribution < -0.4 is 15.6 Å².